The maximum Gasteiger partial charge on any atom is 0.173 e. The first-order valence-corrected chi connectivity index (χ1v) is 8.16. The summed E-state index contributed by atoms with van der Waals surface area (Å²) < 4.78 is 0. The van der Waals surface area contributed by atoms with Gasteiger partial charge in [0.15, 0.2) is 5.84 Å². The molecule has 0 unspecified atom stereocenters. The minimum atomic E-state index is 0.146. The van der Waals surface area contributed by atoms with Crippen LogP contribution >= 0.6 is 11.8 Å². The predicted molar refractivity (Wildman–Crippen MR) is 86.5 cm³/mol. The number of anilines is 1. The zero-order valence-electron chi connectivity index (χ0n) is 12.2. The van der Waals surface area contributed by atoms with Crippen molar-refractivity contribution >= 4 is 23.3 Å². The second kappa shape index (κ2) is 7.53. The quantitative estimate of drug-likeness (QED) is 0.243. The highest BCUT2D eigenvalue weighted by Gasteiger charge is 2.21. The second-order valence-corrected chi connectivity index (χ2v) is 5.74. The molecule has 0 bridgehead atoms. The SMILES string of the molecule is CSc1cccc(N2CCN(CCO)CC2)c1/C(N)=N/O. The molecule has 1 saturated heterocycles. The molecule has 0 atom stereocenters. The molecule has 2 rings (SSSR count). The normalized spacial score (nSPS) is 17.2. The molecular formula is C14H22N4O2S. The molecule has 0 aliphatic carbocycles. The molecule has 0 amide bonds. The lowest BCUT2D eigenvalue weighted by Gasteiger charge is -2.36. The van der Waals surface area contributed by atoms with Gasteiger partial charge < -0.3 is 20.9 Å². The van der Waals surface area contributed by atoms with Gasteiger partial charge in [0.25, 0.3) is 0 Å². The number of aliphatic hydroxyl groups is 1. The summed E-state index contributed by atoms with van der Waals surface area (Å²) in [6, 6.07) is 5.98. The van der Waals surface area contributed by atoms with Gasteiger partial charge in [-0.3, -0.25) is 4.90 Å². The van der Waals surface area contributed by atoms with E-state index >= 15 is 0 Å². The Morgan fingerprint density at radius 1 is 1.33 bits per heavy atom. The first-order valence-electron chi connectivity index (χ1n) is 6.94. The van der Waals surface area contributed by atoms with Crippen LogP contribution < -0.4 is 10.6 Å². The Labute approximate surface area is 129 Å². The van der Waals surface area contributed by atoms with Crippen LogP contribution in [0, 0.1) is 0 Å². The summed E-state index contributed by atoms with van der Waals surface area (Å²) in [4.78, 5) is 5.49. The van der Waals surface area contributed by atoms with Crippen molar-refractivity contribution < 1.29 is 10.3 Å². The standard InChI is InChI=1S/C14H22N4O2S/c1-21-12-4-2-3-11(13(12)14(15)16-20)18-7-5-17(6-8-18)9-10-19/h2-4,19-20H,5-10H2,1H3,(H2,15,16). The summed E-state index contributed by atoms with van der Waals surface area (Å²) in [7, 11) is 0. The van der Waals surface area contributed by atoms with E-state index in [0.29, 0.717) is 6.54 Å². The Morgan fingerprint density at radius 3 is 2.62 bits per heavy atom. The van der Waals surface area contributed by atoms with Crippen LogP contribution in [0.2, 0.25) is 0 Å². The molecular weight excluding hydrogens is 288 g/mol. The largest absolute Gasteiger partial charge is 0.409 e. The van der Waals surface area contributed by atoms with Gasteiger partial charge in [0.2, 0.25) is 0 Å². The van der Waals surface area contributed by atoms with Crippen molar-refractivity contribution in [1.82, 2.24) is 4.90 Å². The molecule has 1 aliphatic heterocycles. The lowest BCUT2D eigenvalue weighted by molar-refractivity contribution is 0.189. The first kappa shape index (κ1) is 15.9. The summed E-state index contributed by atoms with van der Waals surface area (Å²) in [6.45, 7) is 4.44. The predicted octanol–water partition coefficient (Wildman–Crippen LogP) is 0.617. The lowest BCUT2D eigenvalue weighted by Crippen LogP contribution is -2.47. The number of nitrogens with two attached hydrogens (primary N) is 1. The fourth-order valence-electron chi connectivity index (χ4n) is 2.61. The Balaban J connectivity index is 2.24. The van der Waals surface area contributed by atoms with E-state index < -0.39 is 0 Å². The number of amidine groups is 1. The summed E-state index contributed by atoms with van der Waals surface area (Å²) in [5.74, 6) is 0.146. The van der Waals surface area contributed by atoms with Gasteiger partial charge in [-0.2, -0.15) is 0 Å². The molecule has 1 aromatic carbocycles. The van der Waals surface area contributed by atoms with Gasteiger partial charge in [0, 0.05) is 43.3 Å². The van der Waals surface area contributed by atoms with Crippen LogP contribution in [0.25, 0.3) is 0 Å². The number of β-amino-alcohol motifs (C(OH)–C–C–N with tert-alkyl or cyclic N) is 1. The van der Waals surface area contributed by atoms with Crippen LogP contribution in [0.15, 0.2) is 28.3 Å². The number of nitrogens with zero attached hydrogens (tertiary/aromatic N) is 3. The van der Waals surface area contributed by atoms with Gasteiger partial charge in [0.1, 0.15) is 0 Å². The van der Waals surface area contributed by atoms with Crippen molar-refractivity contribution in [2.75, 3.05) is 50.5 Å². The summed E-state index contributed by atoms with van der Waals surface area (Å²) in [6.07, 6.45) is 1.98. The number of rotatable bonds is 5. The van der Waals surface area contributed by atoms with Gasteiger partial charge in [-0.05, 0) is 18.4 Å². The highest BCUT2D eigenvalue weighted by Crippen LogP contribution is 2.30. The smallest absolute Gasteiger partial charge is 0.173 e. The third-order valence-electron chi connectivity index (χ3n) is 3.72. The second-order valence-electron chi connectivity index (χ2n) is 4.89. The molecule has 0 saturated carbocycles. The summed E-state index contributed by atoms with van der Waals surface area (Å²) >= 11 is 1.58. The average Bonchev–Trinajstić information content (AvgIpc) is 2.54. The Kier molecular flexibility index (Phi) is 5.72. The van der Waals surface area contributed by atoms with Gasteiger partial charge in [0.05, 0.1) is 12.2 Å². The number of aliphatic hydroxyl groups excluding tert-OH is 1. The molecule has 0 aromatic heterocycles. The maximum atomic E-state index is 9.04. The molecule has 0 radical (unpaired) electrons. The van der Waals surface area contributed by atoms with E-state index in [1.165, 1.54) is 0 Å². The maximum absolute atomic E-state index is 9.04. The van der Waals surface area contributed by atoms with Crippen LogP contribution in [0.1, 0.15) is 5.56 Å². The molecule has 1 fully saturated rings. The van der Waals surface area contributed by atoms with Crippen LogP contribution in [0.3, 0.4) is 0 Å². The van der Waals surface area contributed by atoms with E-state index in [4.69, 9.17) is 16.0 Å². The highest BCUT2D eigenvalue weighted by atomic mass is 32.2. The van der Waals surface area contributed by atoms with Gasteiger partial charge in [-0.15, -0.1) is 11.8 Å². The Morgan fingerprint density at radius 2 is 2.05 bits per heavy atom. The number of thioether (sulfide) groups is 1. The van der Waals surface area contributed by atoms with Crippen LogP contribution in [0.5, 0.6) is 0 Å². The van der Waals surface area contributed by atoms with Crippen molar-refractivity contribution in [3.63, 3.8) is 0 Å². The molecule has 21 heavy (non-hydrogen) atoms. The van der Waals surface area contributed by atoms with E-state index in [-0.39, 0.29) is 12.4 Å². The van der Waals surface area contributed by atoms with Crippen molar-refractivity contribution in [3.8, 4) is 0 Å². The van der Waals surface area contributed by atoms with E-state index in [0.717, 1.165) is 42.3 Å². The monoisotopic (exact) mass is 310 g/mol. The molecule has 1 heterocycles. The first-order chi connectivity index (χ1) is 10.2. The summed E-state index contributed by atoms with van der Waals surface area (Å²) in [5.41, 5.74) is 7.66. The van der Waals surface area contributed by atoms with E-state index in [1.807, 2.05) is 24.5 Å². The average molecular weight is 310 g/mol. The zero-order valence-corrected chi connectivity index (χ0v) is 13.0. The van der Waals surface area contributed by atoms with Crippen molar-refractivity contribution in [1.29, 1.82) is 0 Å². The fraction of sp³-hybridized carbons (Fsp3) is 0.500. The Hall–Kier alpha value is -1.44. The molecule has 0 spiro atoms. The molecule has 7 heteroatoms. The van der Waals surface area contributed by atoms with Crippen molar-refractivity contribution in [2.45, 2.75) is 4.90 Å². The van der Waals surface area contributed by atoms with Crippen LogP contribution in [-0.2, 0) is 0 Å². The van der Waals surface area contributed by atoms with E-state index in [9.17, 15) is 0 Å². The van der Waals surface area contributed by atoms with Gasteiger partial charge >= 0.3 is 0 Å². The van der Waals surface area contributed by atoms with E-state index in [1.54, 1.807) is 11.8 Å². The number of hydrogen-bond donors (Lipinski definition) is 3. The Bertz CT molecular complexity index is 502. The third-order valence-corrected chi connectivity index (χ3v) is 4.50. The zero-order chi connectivity index (χ0) is 15.2. The number of benzene rings is 1. The van der Waals surface area contributed by atoms with Gasteiger partial charge in [-0.1, -0.05) is 11.2 Å². The van der Waals surface area contributed by atoms with Crippen molar-refractivity contribution in [3.05, 3.63) is 23.8 Å². The highest BCUT2D eigenvalue weighted by molar-refractivity contribution is 7.98. The minimum Gasteiger partial charge on any atom is -0.409 e. The van der Waals surface area contributed by atoms with Gasteiger partial charge in [-0.25, -0.2) is 0 Å². The molecule has 1 aliphatic rings. The molecule has 6 nitrogen and oxygen atoms in total. The molecule has 1 aromatic rings. The van der Waals surface area contributed by atoms with Crippen molar-refractivity contribution in [2.24, 2.45) is 10.9 Å². The molecule has 116 valence electrons. The number of oxime groups is 1. The van der Waals surface area contributed by atoms with Crippen LogP contribution in [0.4, 0.5) is 5.69 Å². The number of hydrogen-bond acceptors (Lipinski definition) is 6. The third kappa shape index (κ3) is 3.61. The number of piperazine rings is 1. The topological polar surface area (TPSA) is 85.3 Å². The van der Waals surface area contributed by atoms with Crippen LogP contribution in [-0.4, -0.2) is 66.6 Å². The summed E-state index contributed by atoms with van der Waals surface area (Å²) in [5, 5.41) is 21.2. The van der Waals surface area contributed by atoms with E-state index in [2.05, 4.69) is 15.0 Å². The lowest BCUT2D eigenvalue weighted by atomic mass is 10.1. The minimum absolute atomic E-state index is 0.146. The fourth-order valence-corrected chi connectivity index (χ4v) is 3.24. The molecule has 4 N–H and O–H groups in total.